The first-order valence-corrected chi connectivity index (χ1v) is 16.1. The fourth-order valence-electron chi connectivity index (χ4n) is 6.36. The van der Waals surface area contributed by atoms with Crippen LogP contribution < -0.4 is 0 Å². The summed E-state index contributed by atoms with van der Waals surface area (Å²) in [6.45, 7) is 4.29. The summed E-state index contributed by atoms with van der Waals surface area (Å²) in [5, 5.41) is 0. The summed E-state index contributed by atoms with van der Waals surface area (Å²) < 4.78 is 65.3. The molecule has 0 spiro atoms. The maximum atomic E-state index is 15.4. The van der Waals surface area contributed by atoms with Crippen LogP contribution in [0.25, 0.3) is 0 Å². The molecule has 0 amide bonds. The Balaban J connectivity index is 1.89. The van der Waals surface area contributed by atoms with Gasteiger partial charge in [0.15, 0.2) is 23.3 Å². The van der Waals surface area contributed by atoms with Gasteiger partial charge in [-0.15, -0.1) is 0 Å². The van der Waals surface area contributed by atoms with Crippen LogP contribution in [0.3, 0.4) is 0 Å². The molecule has 2 aromatic carbocycles. The van der Waals surface area contributed by atoms with Crippen LogP contribution in [0.15, 0.2) is 26.8 Å². The van der Waals surface area contributed by atoms with Crippen LogP contribution in [-0.4, -0.2) is 7.11 Å². The van der Waals surface area contributed by atoms with Crippen molar-refractivity contribution in [3.8, 4) is 0 Å². The topological polar surface area (TPSA) is 18.5 Å². The summed E-state index contributed by atoms with van der Waals surface area (Å²) in [5.41, 5.74) is 3.51. The number of halogens is 4. The van der Waals surface area contributed by atoms with Crippen LogP contribution in [-0.2, 0) is 9.22 Å². The van der Waals surface area contributed by atoms with Gasteiger partial charge in [0.05, 0.1) is 24.0 Å². The molecule has 0 aromatic heterocycles. The van der Waals surface area contributed by atoms with Gasteiger partial charge < -0.3 is 0 Å². The third-order valence-electron chi connectivity index (χ3n) is 8.43. The van der Waals surface area contributed by atoms with E-state index in [0.717, 1.165) is 92.7 Å². The van der Waals surface area contributed by atoms with E-state index in [1.165, 1.54) is 31.2 Å². The molecule has 1 atom stereocenters. The lowest BCUT2D eigenvalue weighted by molar-refractivity contribution is -0.160. The van der Waals surface area contributed by atoms with E-state index in [-0.39, 0.29) is 23.9 Å². The summed E-state index contributed by atoms with van der Waals surface area (Å²) in [6, 6.07) is 4.53. The van der Waals surface area contributed by atoms with Crippen LogP contribution in [0.4, 0.5) is 17.6 Å². The molecule has 2 aromatic rings. The Morgan fingerprint density at radius 2 is 1.33 bits per heavy atom. The van der Waals surface area contributed by atoms with Crippen molar-refractivity contribution in [2.24, 2.45) is 0 Å². The number of rotatable bonds is 11. The SMILES string of the molecule is CCCC(CC)c1cc(C2CCCCC2)cc(C2CCCCC2)c1Sc1c(F)c(F)c(SOOC)c(F)c1F. The summed E-state index contributed by atoms with van der Waals surface area (Å²) in [7, 11) is 1.14. The van der Waals surface area contributed by atoms with Crippen LogP contribution in [0.1, 0.15) is 132 Å². The van der Waals surface area contributed by atoms with Gasteiger partial charge in [-0.05, 0) is 73.0 Å². The molecular formula is C31H40F4O2S2. The molecule has 0 heterocycles. The van der Waals surface area contributed by atoms with Gasteiger partial charge in [0.2, 0.25) is 0 Å². The molecule has 8 heteroatoms. The Morgan fingerprint density at radius 1 is 0.769 bits per heavy atom. The van der Waals surface area contributed by atoms with Gasteiger partial charge in [-0.3, -0.25) is 0 Å². The van der Waals surface area contributed by atoms with Gasteiger partial charge >= 0.3 is 0 Å². The Morgan fingerprint density at radius 3 is 1.87 bits per heavy atom. The van der Waals surface area contributed by atoms with Gasteiger partial charge in [0, 0.05) is 4.90 Å². The Labute approximate surface area is 239 Å². The highest BCUT2D eigenvalue weighted by atomic mass is 32.2. The van der Waals surface area contributed by atoms with Gasteiger partial charge in [0.1, 0.15) is 4.90 Å². The van der Waals surface area contributed by atoms with Crippen molar-refractivity contribution in [2.75, 3.05) is 7.11 Å². The molecule has 2 aliphatic rings. The molecule has 39 heavy (non-hydrogen) atoms. The van der Waals surface area contributed by atoms with E-state index in [1.807, 2.05) is 0 Å². The molecule has 0 aliphatic heterocycles. The molecule has 0 bridgehead atoms. The van der Waals surface area contributed by atoms with Crippen molar-refractivity contribution in [1.82, 2.24) is 0 Å². The van der Waals surface area contributed by atoms with Crippen LogP contribution in [0.5, 0.6) is 0 Å². The molecular weight excluding hydrogens is 544 g/mol. The first kappa shape index (κ1) is 30.7. The minimum absolute atomic E-state index is 0.117. The van der Waals surface area contributed by atoms with E-state index in [4.69, 9.17) is 0 Å². The van der Waals surface area contributed by atoms with Gasteiger partial charge in [0.25, 0.3) is 0 Å². The van der Waals surface area contributed by atoms with Crippen molar-refractivity contribution in [1.29, 1.82) is 0 Å². The standard InChI is InChI=1S/C31H40F4O2S2/c1-4-12-19(5-2)23-17-22(20-13-8-6-9-14-20)18-24(21-15-10-7-11-16-21)29(23)38-30-25(32)27(34)31(39-37-36-3)28(35)26(30)33/h17-21H,4-16H2,1-3H3. The van der Waals surface area contributed by atoms with Crippen molar-refractivity contribution < 1.29 is 26.8 Å². The highest BCUT2D eigenvalue weighted by Gasteiger charge is 2.31. The van der Waals surface area contributed by atoms with Crippen molar-refractivity contribution >= 4 is 23.8 Å². The minimum Gasteiger partial charge on any atom is -0.227 e. The van der Waals surface area contributed by atoms with E-state index in [1.54, 1.807) is 0 Å². The predicted octanol–water partition coefficient (Wildman–Crippen LogP) is 11.4. The van der Waals surface area contributed by atoms with Crippen LogP contribution in [0.2, 0.25) is 0 Å². The average molecular weight is 585 g/mol. The Kier molecular flexibility index (Phi) is 11.5. The second-order valence-electron chi connectivity index (χ2n) is 10.9. The van der Waals surface area contributed by atoms with Crippen molar-refractivity contribution in [3.05, 3.63) is 52.1 Å². The largest absolute Gasteiger partial charge is 0.227 e. The zero-order valence-corrected chi connectivity index (χ0v) is 24.9. The molecule has 216 valence electrons. The third-order valence-corrected chi connectivity index (χ3v) is 10.4. The lowest BCUT2D eigenvalue weighted by atomic mass is 9.77. The van der Waals surface area contributed by atoms with E-state index in [2.05, 4.69) is 35.2 Å². The molecule has 2 fully saturated rings. The zero-order valence-electron chi connectivity index (χ0n) is 23.2. The first-order valence-electron chi connectivity index (χ1n) is 14.5. The molecule has 2 nitrogen and oxygen atoms in total. The van der Waals surface area contributed by atoms with E-state index in [9.17, 15) is 8.78 Å². The summed E-state index contributed by atoms with van der Waals surface area (Å²) in [5.74, 6) is -4.79. The van der Waals surface area contributed by atoms with Crippen LogP contribution >= 0.6 is 23.8 Å². The number of hydrogen-bond acceptors (Lipinski definition) is 4. The van der Waals surface area contributed by atoms with Gasteiger partial charge in [-0.2, -0.15) is 4.33 Å². The maximum Gasteiger partial charge on any atom is 0.179 e. The summed E-state index contributed by atoms with van der Waals surface area (Å²) in [4.78, 5) is 3.61. The molecule has 2 saturated carbocycles. The van der Waals surface area contributed by atoms with E-state index >= 15 is 8.78 Å². The number of hydrogen-bond donors (Lipinski definition) is 0. The van der Waals surface area contributed by atoms with Gasteiger partial charge in [-0.1, -0.05) is 82.7 Å². The monoisotopic (exact) mass is 584 g/mol. The fraction of sp³-hybridized carbons (Fsp3) is 0.613. The quantitative estimate of drug-likeness (QED) is 0.0859. The van der Waals surface area contributed by atoms with Crippen molar-refractivity contribution in [2.45, 2.75) is 130 Å². The lowest BCUT2D eigenvalue weighted by Gasteiger charge is -2.31. The smallest absolute Gasteiger partial charge is 0.179 e. The normalized spacial score (nSPS) is 18.0. The fourth-order valence-corrected chi connectivity index (χ4v) is 8.07. The molecule has 4 rings (SSSR count). The number of benzene rings is 2. The molecule has 1 unspecified atom stereocenters. The second kappa shape index (κ2) is 14.6. The third kappa shape index (κ3) is 6.99. The second-order valence-corrected chi connectivity index (χ2v) is 12.7. The highest BCUT2D eigenvalue weighted by molar-refractivity contribution is 7.99. The Bertz CT molecular complexity index is 1060. The zero-order chi connectivity index (χ0) is 27.9. The lowest BCUT2D eigenvalue weighted by Crippen LogP contribution is -2.13. The van der Waals surface area contributed by atoms with Crippen molar-refractivity contribution in [3.63, 3.8) is 0 Å². The molecule has 0 radical (unpaired) electrons. The van der Waals surface area contributed by atoms with E-state index in [0.29, 0.717) is 5.92 Å². The minimum atomic E-state index is -1.47. The molecule has 0 saturated heterocycles. The predicted molar refractivity (Wildman–Crippen MR) is 150 cm³/mol. The maximum absolute atomic E-state index is 15.4. The van der Waals surface area contributed by atoms with E-state index < -0.39 is 33.1 Å². The molecule has 0 N–H and O–H groups in total. The van der Waals surface area contributed by atoms with Gasteiger partial charge in [-0.25, -0.2) is 22.4 Å². The Hall–Kier alpha value is -1.22. The first-order chi connectivity index (χ1) is 18.9. The average Bonchev–Trinajstić information content (AvgIpc) is 2.98. The summed E-state index contributed by atoms with van der Waals surface area (Å²) in [6.07, 6.45) is 14.3. The highest BCUT2D eigenvalue weighted by Crippen LogP contribution is 2.49. The summed E-state index contributed by atoms with van der Waals surface area (Å²) >= 11 is 0.980. The van der Waals surface area contributed by atoms with Crippen LogP contribution in [0, 0.1) is 23.3 Å². The molecule has 2 aliphatic carbocycles.